The van der Waals surface area contributed by atoms with Crippen LogP contribution in [0.5, 0.6) is 0 Å². The van der Waals surface area contributed by atoms with Gasteiger partial charge in [0, 0.05) is 16.5 Å². The number of carboxylic acids is 1. The van der Waals surface area contributed by atoms with Crippen molar-refractivity contribution in [3.8, 4) is 10.4 Å². The van der Waals surface area contributed by atoms with Gasteiger partial charge in [-0.05, 0) is 59.2 Å². The Hall–Kier alpha value is -3.16. The first-order valence-electron chi connectivity index (χ1n) is 9.27. The maximum atomic E-state index is 12.7. The summed E-state index contributed by atoms with van der Waals surface area (Å²) in [4.78, 5) is 25.4. The van der Waals surface area contributed by atoms with Crippen molar-refractivity contribution >= 4 is 34.6 Å². The number of aliphatic carboxylic acids is 1. The summed E-state index contributed by atoms with van der Waals surface area (Å²) in [7, 11) is 0. The summed E-state index contributed by atoms with van der Waals surface area (Å²) >= 11 is 1.61. The van der Waals surface area contributed by atoms with Gasteiger partial charge in [-0.25, -0.2) is 0 Å². The van der Waals surface area contributed by atoms with Crippen LogP contribution in [0.15, 0.2) is 60.0 Å². The summed E-state index contributed by atoms with van der Waals surface area (Å²) in [6, 6.07) is 16.1. The summed E-state index contributed by atoms with van der Waals surface area (Å²) in [5.41, 5.74) is 14.9. The van der Waals surface area contributed by atoms with Crippen LogP contribution in [0.25, 0.3) is 10.4 Å². The number of anilines is 2. The molecule has 1 aromatic heterocycles. The van der Waals surface area contributed by atoms with Gasteiger partial charge in [0.25, 0.3) is 5.91 Å². The molecule has 1 saturated carbocycles. The second-order valence-electron chi connectivity index (χ2n) is 7.23. The molecule has 1 aliphatic carbocycles. The van der Waals surface area contributed by atoms with E-state index in [4.69, 9.17) is 11.5 Å². The highest BCUT2D eigenvalue weighted by Gasteiger charge is 2.44. The lowest BCUT2D eigenvalue weighted by molar-refractivity contribution is -0.139. The van der Waals surface area contributed by atoms with Crippen molar-refractivity contribution in [2.24, 2.45) is 11.7 Å². The molecule has 1 amide bonds. The number of hydrogen-bond donors (Lipinski definition) is 4. The number of hydrogen-bond acceptors (Lipinski definition) is 5. The number of nitrogens with one attached hydrogen (secondary N) is 1. The third kappa shape index (κ3) is 4.01. The van der Waals surface area contributed by atoms with E-state index in [1.165, 1.54) is 0 Å². The van der Waals surface area contributed by atoms with Crippen LogP contribution in [0.1, 0.15) is 28.3 Å². The molecule has 0 saturated heterocycles. The first-order valence-corrected chi connectivity index (χ1v) is 10.1. The smallest absolute Gasteiger partial charge is 0.311 e. The maximum Gasteiger partial charge on any atom is 0.311 e. The van der Waals surface area contributed by atoms with E-state index in [9.17, 15) is 14.7 Å². The Morgan fingerprint density at radius 1 is 1.14 bits per heavy atom. The molecule has 1 fully saturated rings. The number of rotatable bonds is 6. The van der Waals surface area contributed by atoms with Crippen LogP contribution in [-0.2, 0) is 4.79 Å². The Balaban J connectivity index is 1.52. The largest absolute Gasteiger partial charge is 0.481 e. The number of thiophene rings is 1. The highest BCUT2D eigenvalue weighted by atomic mass is 32.1. The van der Waals surface area contributed by atoms with E-state index in [2.05, 4.69) is 5.32 Å². The predicted octanol–water partition coefficient (Wildman–Crippen LogP) is 3.77. The number of nitrogens with two attached hydrogens (primary N) is 2. The molecule has 2 aromatic carbocycles. The third-order valence-electron chi connectivity index (χ3n) is 5.22. The molecule has 29 heavy (non-hydrogen) atoms. The van der Waals surface area contributed by atoms with Crippen molar-refractivity contribution < 1.29 is 14.7 Å². The average molecular weight is 407 g/mol. The van der Waals surface area contributed by atoms with Gasteiger partial charge in [-0.3, -0.25) is 9.59 Å². The Kier molecular flexibility index (Phi) is 5.08. The molecule has 0 aliphatic heterocycles. The van der Waals surface area contributed by atoms with Gasteiger partial charge in [0.15, 0.2) is 0 Å². The summed E-state index contributed by atoms with van der Waals surface area (Å²) in [5.74, 6) is -1.88. The van der Waals surface area contributed by atoms with Crippen molar-refractivity contribution in [1.82, 2.24) is 0 Å². The SMILES string of the molecule is Nc1ccc(-c2cccs2)cc1NC(=O)c1ccc(C(C(=O)O)C2CC2N)cc1. The molecule has 1 heterocycles. The number of amides is 1. The van der Waals surface area contributed by atoms with Crippen molar-refractivity contribution in [1.29, 1.82) is 0 Å². The van der Waals surface area contributed by atoms with Gasteiger partial charge in [-0.15, -0.1) is 11.3 Å². The number of nitrogen functional groups attached to an aromatic ring is 1. The Labute approximate surface area is 172 Å². The van der Waals surface area contributed by atoms with Gasteiger partial charge in [-0.1, -0.05) is 24.3 Å². The first-order chi connectivity index (χ1) is 13.9. The molecule has 3 aromatic rings. The van der Waals surface area contributed by atoms with E-state index < -0.39 is 11.9 Å². The minimum absolute atomic E-state index is 0.0491. The summed E-state index contributed by atoms with van der Waals surface area (Å²) in [6.45, 7) is 0. The molecule has 3 atom stereocenters. The molecule has 7 heteroatoms. The number of benzene rings is 2. The van der Waals surface area contributed by atoms with Crippen LogP contribution >= 0.6 is 11.3 Å². The fraction of sp³-hybridized carbons (Fsp3) is 0.182. The van der Waals surface area contributed by atoms with Gasteiger partial charge in [-0.2, -0.15) is 0 Å². The average Bonchev–Trinajstić information content (AvgIpc) is 3.18. The van der Waals surface area contributed by atoms with Gasteiger partial charge < -0.3 is 21.9 Å². The Morgan fingerprint density at radius 2 is 1.86 bits per heavy atom. The highest BCUT2D eigenvalue weighted by molar-refractivity contribution is 7.13. The highest BCUT2D eigenvalue weighted by Crippen LogP contribution is 2.42. The van der Waals surface area contributed by atoms with Crippen LogP contribution < -0.4 is 16.8 Å². The van der Waals surface area contributed by atoms with Crippen molar-refractivity contribution in [3.63, 3.8) is 0 Å². The molecule has 0 radical (unpaired) electrons. The van der Waals surface area contributed by atoms with Crippen molar-refractivity contribution in [2.75, 3.05) is 11.1 Å². The van der Waals surface area contributed by atoms with Gasteiger partial charge >= 0.3 is 5.97 Å². The van der Waals surface area contributed by atoms with Crippen LogP contribution in [0.4, 0.5) is 11.4 Å². The maximum absolute atomic E-state index is 12.7. The Morgan fingerprint density at radius 3 is 2.45 bits per heavy atom. The van der Waals surface area contributed by atoms with E-state index in [1.54, 1.807) is 41.7 Å². The fourth-order valence-electron chi connectivity index (χ4n) is 3.49. The van der Waals surface area contributed by atoms with E-state index in [0.717, 1.165) is 10.4 Å². The summed E-state index contributed by atoms with van der Waals surface area (Å²) in [6.07, 6.45) is 0.707. The van der Waals surface area contributed by atoms with Gasteiger partial charge in [0.2, 0.25) is 0 Å². The van der Waals surface area contributed by atoms with Crippen LogP contribution in [0.2, 0.25) is 0 Å². The standard InChI is InChI=1S/C22H21N3O3S/c23-16-8-7-14(19-2-1-9-29-19)10-18(16)25-21(26)13-5-3-12(4-6-13)20(22(27)28)15-11-17(15)24/h1-10,15,17,20H,11,23-24H2,(H,25,26)(H,27,28). The van der Waals surface area contributed by atoms with Crippen molar-refractivity contribution in [2.45, 2.75) is 18.4 Å². The van der Waals surface area contributed by atoms with Crippen LogP contribution in [-0.4, -0.2) is 23.0 Å². The third-order valence-corrected chi connectivity index (χ3v) is 6.14. The molecular formula is C22H21N3O3S. The number of carbonyl (C=O) groups excluding carboxylic acids is 1. The lowest BCUT2D eigenvalue weighted by atomic mass is 9.93. The minimum Gasteiger partial charge on any atom is -0.481 e. The lowest BCUT2D eigenvalue weighted by Gasteiger charge is -2.13. The number of carbonyl (C=O) groups is 2. The normalized spacial score (nSPS) is 18.8. The van der Waals surface area contributed by atoms with E-state index in [0.29, 0.717) is 28.9 Å². The Bertz CT molecular complexity index is 1050. The molecule has 3 unspecified atom stereocenters. The summed E-state index contributed by atoms with van der Waals surface area (Å²) in [5, 5.41) is 14.4. The van der Waals surface area contributed by atoms with Crippen LogP contribution in [0.3, 0.4) is 0 Å². The predicted molar refractivity (Wildman–Crippen MR) is 115 cm³/mol. The van der Waals surface area contributed by atoms with Gasteiger partial charge in [0.05, 0.1) is 17.3 Å². The minimum atomic E-state index is -0.890. The lowest BCUT2D eigenvalue weighted by Crippen LogP contribution is -2.18. The summed E-state index contributed by atoms with van der Waals surface area (Å²) < 4.78 is 0. The molecule has 0 bridgehead atoms. The van der Waals surface area contributed by atoms with E-state index >= 15 is 0 Å². The molecular weight excluding hydrogens is 386 g/mol. The number of carboxylic acid groups (broad SMARTS) is 1. The van der Waals surface area contributed by atoms with Crippen molar-refractivity contribution in [3.05, 3.63) is 71.1 Å². The first kappa shape index (κ1) is 19.2. The molecule has 4 rings (SSSR count). The van der Waals surface area contributed by atoms with Crippen LogP contribution in [0, 0.1) is 5.92 Å². The molecule has 1 aliphatic rings. The molecule has 6 nitrogen and oxygen atoms in total. The monoisotopic (exact) mass is 407 g/mol. The van der Waals surface area contributed by atoms with E-state index in [-0.39, 0.29) is 17.9 Å². The molecule has 148 valence electrons. The second kappa shape index (κ2) is 7.69. The zero-order chi connectivity index (χ0) is 20.5. The van der Waals surface area contributed by atoms with Gasteiger partial charge in [0.1, 0.15) is 0 Å². The topological polar surface area (TPSA) is 118 Å². The zero-order valence-corrected chi connectivity index (χ0v) is 16.4. The second-order valence-corrected chi connectivity index (χ2v) is 8.18. The molecule has 6 N–H and O–H groups in total. The molecule has 0 spiro atoms. The zero-order valence-electron chi connectivity index (χ0n) is 15.5. The quantitative estimate of drug-likeness (QED) is 0.464. The van der Waals surface area contributed by atoms with E-state index in [1.807, 2.05) is 29.6 Å². The fourth-order valence-corrected chi connectivity index (χ4v) is 4.21.